The van der Waals surface area contributed by atoms with E-state index >= 15 is 0 Å². The molecular weight excluding hydrogens is 214 g/mol. The highest BCUT2D eigenvalue weighted by molar-refractivity contribution is 7.91. The quantitative estimate of drug-likeness (QED) is 0.678. The molecule has 0 saturated carbocycles. The van der Waals surface area contributed by atoms with E-state index < -0.39 is 9.84 Å². The first-order valence-corrected chi connectivity index (χ1v) is 7.17. The number of nitrogens with two attached hydrogens (primary N) is 1. The van der Waals surface area contributed by atoms with Gasteiger partial charge in [0.05, 0.1) is 5.75 Å². The van der Waals surface area contributed by atoms with Crippen molar-refractivity contribution in [3.63, 3.8) is 0 Å². The van der Waals surface area contributed by atoms with Crippen LogP contribution in [0.25, 0.3) is 0 Å². The van der Waals surface area contributed by atoms with Crippen molar-refractivity contribution in [1.29, 1.82) is 0 Å². The summed E-state index contributed by atoms with van der Waals surface area (Å²) >= 11 is 0. The Balaban J connectivity index is 3.67. The van der Waals surface area contributed by atoms with Crippen molar-refractivity contribution in [1.82, 2.24) is 0 Å². The molecule has 0 amide bonds. The predicted octanol–water partition coefficient (Wildman–Crippen LogP) is 0.898. The first kappa shape index (κ1) is 14.6. The minimum atomic E-state index is -3.00. The molecule has 0 fully saturated rings. The Kier molecular flexibility index (Phi) is 6.76. The fourth-order valence-electron chi connectivity index (χ4n) is 1.16. The molecule has 5 heteroatoms. The van der Waals surface area contributed by atoms with E-state index in [0.29, 0.717) is 6.42 Å². The minimum Gasteiger partial charge on any atom is -0.328 e. The van der Waals surface area contributed by atoms with Gasteiger partial charge in [0.1, 0.15) is 15.6 Å². The number of hydrogen-bond acceptors (Lipinski definition) is 4. The maximum Gasteiger partial charge on any atom is 0.150 e. The number of Topliss-reactive ketones (excluding diaryl/α,β-unsaturated/α-hetero) is 1. The van der Waals surface area contributed by atoms with Crippen LogP contribution in [0.4, 0.5) is 0 Å². The van der Waals surface area contributed by atoms with Crippen LogP contribution in [0.2, 0.25) is 0 Å². The van der Waals surface area contributed by atoms with Gasteiger partial charge in [0, 0.05) is 24.6 Å². The van der Waals surface area contributed by atoms with E-state index in [1.165, 1.54) is 0 Å². The number of carbonyl (C=O) groups excluding carboxylic acids is 1. The summed E-state index contributed by atoms with van der Waals surface area (Å²) in [5, 5.41) is 0. The van der Waals surface area contributed by atoms with E-state index in [2.05, 4.69) is 0 Å². The average molecular weight is 235 g/mol. The fourth-order valence-corrected chi connectivity index (χ4v) is 1.99. The van der Waals surface area contributed by atoms with Crippen LogP contribution in [-0.4, -0.2) is 31.7 Å². The molecular formula is C10H21NO3S. The lowest BCUT2D eigenvalue weighted by Gasteiger charge is -2.04. The molecule has 0 aromatic rings. The van der Waals surface area contributed by atoms with Crippen LogP contribution in [-0.2, 0) is 14.6 Å². The summed E-state index contributed by atoms with van der Waals surface area (Å²) in [4.78, 5) is 11.3. The molecule has 0 aromatic carbocycles. The van der Waals surface area contributed by atoms with Crippen LogP contribution in [0.1, 0.15) is 39.5 Å². The summed E-state index contributed by atoms with van der Waals surface area (Å²) in [6.07, 6.45) is 2.16. The van der Waals surface area contributed by atoms with Crippen molar-refractivity contribution in [2.24, 2.45) is 5.73 Å². The van der Waals surface area contributed by atoms with E-state index in [-0.39, 0.29) is 29.8 Å². The van der Waals surface area contributed by atoms with Gasteiger partial charge in [-0.25, -0.2) is 8.42 Å². The van der Waals surface area contributed by atoms with Crippen molar-refractivity contribution >= 4 is 15.6 Å². The molecule has 2 N–H and O–H groups in total. The molecule has 0 spiro atoms. The van der Waals surface area contributed by atoms with Crippen molar-refractivity contribution in [3.05, 3.63) is 0 Å². The van der Waals surface area contributed by atoms with Crippen molar-refractivity contribution in [3.8, 4) is 0 Å². The SMILES string of the molecule is CCS(=O)(=O)CCC(=O)CCCC(C)N. The summed E-state index contributed by atoms with van der Waals surface area (Å²) in [5.74, 6) is 0.119. The molecule has 0 aromatic heterocycles. The Hall–Kier alpha value is -0.420. The maximum atomic E-state index is 11.3. The molecule has 0 radical (unpaired) electrons. The van der Waals surface area contributed by atoms with Gasteiger partial charge in [0.25, 0.3) is 0 Å². The zero-order chi connectivity index (χ0) is 11.9. The molecule has 0 aliphatic rings. The molecule has 0 bridgehead atoms. The average Bonchev–Trinajstić information content (AvgIpc) is 2.14. The van der Waals surface area contributed by atoms with Crippen molar-refractivity contribution < 1.29 is 13.2 Å². The first-order chi connectivity index (χ1) is 6.87. The number of ketones is 1. The molecule has 15 heavy (non-hydrogen) atoms. The van der Waals surface area contributed by atoms with Crippen molar-refractivity contribution in [2.75, 3.05) is 11.5 Å². The topological polar surface area (TPSA) is 77.2 Å². The third-order valence-electron chi connectivity index (χ3n) is 2.25. The van der Waals surface area contributed by atoms with Gasteiger partial charge in [-0.15, -0.1) is 0 Å². The maximum absolute atomic E-state index is 11.3. The molecule has 0 aliphatic heterocycles. The van der Waals surface area contributed by atoms with Gasteiger partial charge in [0.2, 0.25) is 0 Å². The van der Waals surface area contributed by atoms with Crippen molar-refractivity contribution in [2.45, 2.75) is 45.6 Å². The standard InChI is InChI=1S/C10H21NO3S/c1-3-15(13,14)8-7-10(12)6-4-5-9(2)11/h9H,3-8,11H2,1-2H3. The third-order valence-corrected chi connectivity index (χ3v) is 3.95. The monoisotopic (exact) mass is 235 g/mol. The van der Waals surface area contributed by atoms with E-state index in [4.69, 9.17) is 5.73 Å². The Morgan fingerprint density at radius 2 is 1.93 bits per heavy atom. The predicted molar refractivity (Wildman–Crippen MR) is 61.5 cm³/mol. The van der Waals surface area contributed by atoms with Gasteiger partial charge in [0.15, 0.2) is 0 Å². The van der Waals surface area contributed by atoms with Gasteiger partial charge < -0.3 is 5.73 Å². The van der Waals surface area contributed by atoms with Gasteiger partial charge in [-0.3, -0.25) is 4.79 Å². The molecule has 1 unspecified atom stereocenters. The smallest absolute Gasteiger partial charge is 0.150 e. The highest BCUT2D eigenvalue weighted by atomic mass is 32.2. The summed E-state index contributed by atoms with van der Waals surface area (Å²) in [6, 6.07) is 0.108. The van der Waals surface area contributed by atoms with E-state index in [0.717, 1.165) is 12.8 Å². The zero-order valence-electron chi connectivity index (χ0n) is 9.53. The summed E-state index contributed by atoms with van der Waals surface area (Å²) in [5.41, 5.74) is 5.54. The van der Waals surface area contributed by atoms with Crippen LogP contribution >= 0.6 is 0 Å². The summed E-state index contributed by atoms with van der Waals surface area (Å²) in [6.45, 7) is 3.49. The van der Waals surface area contributed by atoms with E-state index in [1.54, 1.807) is 6.92 Å². The van der Waals surface area contributed by atoms with Crippen LogP contribution in [0, 0.1) is 0 Å². The zero-order valence-corrected chi connectivity index (χ0v) is 10.3. The van der Waals surface area contributed by atoms with Crippen LogP contribution in [0.5, 0.6) is 0 Å². The fraction of sp³-hybridized carbons (Fsp3) is 0.900. The highest BCUT2D eigenvalue weighted by Gasteiger charge is 2.10. The number of hydrogen-bond donors (Lipinski definition) is 1. The van der Waals surface area contributed by atoms with Gasteiger partial charge >= 0.3 is 0 Å². The minimum absolute atomic E-state index is 0.0134. The van der Waals surface area contributed by atoms with Crippen LogP contribution in [0.3, 0.4) is 0 Å². The molecule has 4 nitrogen and oxygen atoms in total. The van der Waals surface area contributed by atoms with Gasteiger partial charge in [-0.2, -0.15) is 0 Å². The largest absolute Gasteiger partial charge is 0.328 e. The molecule has 0 rings (SSSR count). The third kappa shape index (κ3) is 8.57. The summed E-state index contributed by atoms with van der Waals surface area (Å²) in [7, 11) is -3.00. The number of rotatable bonds is 8. The molecule has 1 atom stereocenters. The first-order valence-electron chi connectivity index (χ1n) is 5.35. The Bertz CT molecular complexity index is 283. The second kappa shape index (κ2) is 6.95. The molecule has 0 saturated heterocycles. The normalized spacial score (nSPS) is 13.8. The Morgan fingerprint density at radius 1 is 1.33 bits per heavy atom. The number of carbonyl (C=O) groups is 1. The second-order valence-corrected chi connectivity index (χ2v) is 6.37. The lowest BCUT2D eigenvalue weighted by Crippen LogP contribution is -2.16. The molecule has 90 valence electrons. The van der Waals surface area contributed by atoms with E-state index in [1.807, 2.05) is 6.92 Å². The lowest BCUT2D eigenvalue weighted by molar-refractivity contribution is -0.118. The Labute approximate surface area is 92.2 Å². The van der Waals surface area contributed by atoms with Gasteiger partial charge in [-0.05, 0) is 19.8 Å². The van der Waals surface area contributed by atoms with Crippen LogP contribution < -0.4 is 5.73 Å². The molecule has 0 aliphatic carbocycles. The Morgan fingerprint density at radius 3 is 2.40 bits per heavy atom. The second-order valence-electron chi connectivity index (χ2n) is 3.89. The molecule has 0 heterocycles. The summed E-state index contributed by atoms with van der Waals surface area (Å²) < 4.78 is 22.2. The van der Waals surface area contributed by atoms with Gasteiger partial charge in [-0.1, -0.05) is 6.92 Å². The van der Waals surface area contributed by atoms with E-state index in [9.17, 15) is 13.2 Å². The lowest BCUT2D eigenvalue weighted by atomic mass is 10.1. The number of sulfone groups is 1. The van der Waals surface area contributed by atoms with Crippen LogP contribution in [0.15, 0.2) is 0 Å². The highest BCUT2D eigenvalue weighted by Crippen LogP contribution is 2.03.